The monoisotopic (exact) mass is 387 g/mol. The Balaban J connectivity index is 1.64. The molecule has 1 aromatic rings. The number of amides is 3. The molecule has 1 aromatic carbocycles. The van der Waals surface area contributed by atoms with Gasteiger partial charge in [0, 0.05) is 26.2 Å². The van der Waals surface area contributed by atoms with Gasteiger partial charge in [-0.3, -0.25) is 14.5 Å². The van der Waals surface area contributed by atoms with E-state index in [0.29, 0.717) is 31.9 Å². The zero-order valence-electron chi connectivity index (χ0n) is 17.3. The van der Waals surface area contributed by atoms with E-state index in [2.05, 4.69) is 0 Å². The topological polar surface area (TPSA) is 70.2 Å². The first-order chi connectivity index (χ1) is 13.1. The SMILES string of the molecule is Cc1ccc(N2C(=O)C[C@@H](N3CCN(C(=O)OC(C)(C)C)CC3)C2=O)cc1C. The van der Waals surface area contributed by atoms with Gasteiger partial charge in [-0.1, -0.05) is 6.07 Å². The van der Waals surface area contributed by atoms with Crippen LogP contribution in [0.25, 0.3) is 0 Å². The van der Waals surface area contributed by atoms with E-state index < -0.39 is 11.6 Å². The van der Waals surface area contributed by atoms with E-state index in [1.807, 2.05) is 57.7 Å². The lowest BCUT2D eigenvalue weighted by atomic mass is 10.1. The van der Waals surface area contributed by atoms with Crippen molar-refractivity contribution in [3.8, 4) is 0 Å². The van der Waals surface area contributed by atoms with Gasteiger partial charge >= 0.3 is 6.09 Å². The summed E-state index contributed by atoms with van der Waals surface area (Å²) in [5.74, 6) is -0.355. The molecule has 0 aliphatic carbocycles. The number of nitrogens with zero attached hydrogens (tertiary/aromatic N) is 3. The van der Waals surface area contributed by atoms with Gasteiger partial charge in [-0.05, 0) is 57.9 Å². The van der Waals surface area contributed by atoms with Crippen molar-refractivity contribution in [1.82, 2.24) is 9.80 Å². The number of hydrogen-bond acceptors (Lipinski definition) is 5. The highest BCUT2D eigenvalue weighted by Gasteiger charge is 2.43. The fourth-order valence-corrected chi connectivity index (χ4v) is 3.58. The van der Waals surface area contributed by atoms with Crippen molar-refractivity contribution >= 4 is 23.6 Å². The summed E-state index contributed by atoms with van der Waals surface area (Å²) in [6, 6.07) is 5.17. The number of rotatable bonds is 2. The number of anilines is 1. The van der Waals surface area contributed by atoms with Crippen molar-refractivity contribution in [3.05, 3.63) is 29.3 Å². The largest absolute Gasteiger partial charge is 0.444 e. The number of aryl methyl sites for hydroxylation is 2. The normalized spacial score (nSPS) is 21.4. The average molecular weight is 387 g/mol. The maximum absolute atomic E-state index is 13.0. The van der Waals surface area contributed by atoms with Gasteiger partial charge < -0.3 is 9.64 Å². The Morgan fingerprint density at radius 2 is 1.68 bits per heavy atom. The predicted octanol–water partition coefficient (Wildman–Crippen LogP) is 2.49. The molecule has 0 saturated carbocycles. The van der Waals surface area contributed by atoms with E-state index in [9.17, 15) is 14.4 Å². The Morgan fingerprint density at radius 3 is 2.25 bits per heavy atom. The highest BCUT2D eigenvalue weighted by Crippen LogP contribution is 2.28. The van der Waals surface area contributed by atoms with Crippen LogP contribution in [0.4, 0.5) is 10.5 Å². The summed E-state index contributed by atoms with van der Waals surface area (Å²) in [5, 5.41) is 0. The molecule has 152 valence electrons. The molecule has 7 nitrogen and oxygen atoms in total. The van der Waals surface area contributed by atoms with Crippen LogP contribution in [0.3, 0.4) is 0 Å². The van der Waals surface area contributed by atoms with Crippen molar-refractivity contribution in [3.63, 3.8) is 0 Å². The third-order valence-electron chi connectivity index (χ3n) is 5.28. The summed E-state index contributed by atoms with van der Waals surface area (Å²) in [7, 11) is 0. The number of piperazine rings is 1. The number of benzene rings is 1. The molecule has 0 aromatic heterocycles. The minimum absolute atomic E-state index is 0.173. The molecule has 2 saturated heterocycles. The second kappa shape index (κ2) is 7.54. The molecule has 0 unspecified atom stereocenters. The van der Waals surface area contributed by atoms with Crippen molar-refractivity contribution in [2.45, 2.75) is 52.7 Å². The first-order valence-corrected chi connectivity index (χ1v) is 9.73. The lowest BCUT2D eigenvalue weighted by Gasteiger charge is -2.37. The molecule has 2 aliphatic rings. The van der Waals surface area contributed by atoms with Crippen molar-refractivity contribution in [1.29, 1.82) is 0 Å². The average Bonchev–Trinajstić information content (AvgIpc) is 2.90. The second-order valence-corrected chi connectivity index (χ2v) is 8.56. The third kappa shape index (κ3) is 4.19. The summed E-state index contributed by atoms with van der Waals surface area (Å²) in [6.07, 6.45) is -0.157. The molecule has 28 heavy (non-hydrogen) atoms. The summed E-state index contributed by atoms with van der Waals surface area (Å²) in [6.45, 7) is 11.5. The Hall–Kier alpha value is -2.41. The molecule has 3 rings (SSSR count). The van der Waals surface area contributed by atoms with Gasteiger partial charge in [0.2, 0.25) is 5.91 Å². The number of carbonyl (C=O) groups excluding carboxylic acids is 3. The maximum Gasteiger partial charge on any atom is 0.410 e. The first-order valence-electron chi connectivity index (χ1n) is 9.73. The van der Waals surface area contributed by atoms with Crippen LogP contribution in [0.5, 0.6) is 0 Å². The predicted molar refractivity (Wildman–Crippen MR) is 106 cm³/mol. The van der Waals surface area contributed by atoms with E-state index >= 15 is 0 Å². The molecule has 3 amide bonds. The third-order valence-corrected chi connectivity index (χ3v) is 5.28. The van der Waals surface area contributed by atoms with Crippen LogP contribution < -0.4 is 4.90 Å². The van der Waals surface area contributed by atoms with Crippen molar-refractivity contribution in [2.75, 3.05) is 31.1 Å². The molecule has 7 heteroatoms. The first kappa shape index (κ1) is 20.3. The Kier molecular flexibility index (Phi) is 5.48. The van der Waals surface area contributed by atoms with Crippen LogP contribution in [-0.2, 0) is 14.3 Å². The molecule has 2 heterocycles. The second-order valence-electron chi connectivity index (χ2n) is 8.56. The summed E-state index contributed by atoms with van der Waals surface area (Å²) in [4.78, 5) is 42.7. The van der Waals surface area contributed by atoms with Gasteiger partial charge in [0.1, 0.15) is 5.60 Å². The van der Waals surface area contributed by atoms with Crippen LogP contribution in [0.15, 0.2) is 18.2 Å². The number of carbonyl (C=O) groups is 3. The van der Waals surface area contributed by atoms with Crippen LogP contribution in [0, 0.1) is 13.8 Å². The Morgan fingerprint density at radius 1 is 1.04 bits per heavy atom. The van der Waals surface area contributed by atoms with Crippen molar-refractivity contribution in [2.24, 2.45) is 0 Å². The van der Waals surface area contributed by atoms with E-state index in [-0.39, 0.29) is 24.3 Å². The summed E-state index contributed by atoms with van der Waals surface area (Å²) < 4.78 is 5.41. The molecule has 0 bridgehead atoms. The standard InChI is InChI=1S/C21H29N3O4/c1-14-6-7-16(12-15(14)2)24-18(25)13-17(19(24)26)22-8-10-23(11-9-22)20(27)28-21(3,4)5/h6-7,12,17H,8-11,13H2,1-5H3/t17-/m1/s1. The van der Waals surface area contributed by atoms with Gasteiger partial charge in [0.15, 0.2) is 0 Å². The maximum atomic E-state index is 13.0. The lowest BCUT2D eigenvalue weighted by molar-refractivity contribution is -0.123. The van der Waals surface area contributed by atoms with Crippen LogP contribution >= 0.6 is 0 Å². The lowest BCUT2D eigenvalue weighted by Crippen LogP contribution is -2.54. The van der Waals surface area contributed by atoms with E-state index in [1.54, 1.807) is 4.90 Å². The molecular formula is C21H29N3O4. The smallest absolute Gasteiger partial charge is 0.410 e. The van der Waals surface area contributed by atoms with E-state index in [0.717, 1.165) is 11.1 Å². The van der Waals surface area contributed by atoms with Gasteiger partial charge in [-0.2, -0.15) is 0 Å². The summed E-state index contributed by atoms with van der Waals surface area (Å²) >= 11 is 0. The zero-order chi connectivity index (χ0) is 20.6. The number of ether oxygens (including phenoxy) is 1. The zero-order valence-corrected chi connectivity index (χ0v) is 17.3. The van der Waals surface area contributed by atoms with E-state index in [4.69, 9.17) is 4.74 Å². The Labute approximate surface area is 166 Å². The van der Waals surface area contributed by atoms with Crippen LogP contribution in [0.2, 0.25) is 0 Å². The molecule has 1 atom stereocenters. The number of imide groups is 1. The van der Waals surface area contributed by atoms with Crippen molar-refractivity contribution < 1.29 is 19.1 Å². The quantitative estimate of drug-likeness (QED) is 0.729. The van der Waals surface area contributed by atoms with Crippen LogP contribution in [0.1, 0.15) is 38.3 Å². The van der Waals surface area contributed by atoms with Gasteiger partial charge in [-0.25, -0.2) is 9.69 Å². The highest BCUT2D eigenvalue weighted by atomic mass is 16.6. The Bertz CT molecular complexity index is 791. The molecule has 2 fully saturated rings. The summed E-state index contributed by atoms with van der Waals surface area (Å²) in [5.41, 5.74) is 2.27. The minimum Gasteiger partial charge on any atom is -0.444 e. The minimum atomic E-state index is -0.533. The fraction of sp³-hybridized carbons (Fsp3) is 0.571. The highest BCUT2D eigenvalue weighted by molar-refractivity contribution is 6.22. The van der Waals surface area contributed by atoms with Gasteiger partial charge in [-0.15, -0.1) is 0 Å². The fourth-order valence-electron chi connectivity index (χ4n) is 3.58. The van der Waals surface area contributed by atoms with Crippen LogP contribution in [-0.4, -0.2) is 65.5 Å². The molecular weight excluding hydrogens is 358 g/mol. The van der Waals surface area contributed by atoms with Gasteiger partial charge in [0.05, 0.1) is 18.2 Å². The molecule has 0 radical (unpaired) electrons. The molecule has 0 spiro atoms. The molecule has 0 N–H and O–H groups in total. The van der Waals surface area contributed by atoms with Gasteiger partial charge in [0.25, 0.3) is 5.91 Å². The van der Waals surface area contributed by atoms with E-state index in [1.165, 1.54) is 4.90 Å². The molecule has 2 aliphatic heterocycles. The number of hydrogen-bond donors (Lipinski definition) is 0.